The van der Waals surface area contributed by atoms with Crippen molar-refractivity contribution in [3.63, 3.8) is 0 Å². The fourth-order valence-corrected chi connectivity index (χ4v) is 1.64. The third-order valence-electron chi connectivity index (χ3n) is 2.24. The minimum Gasteiger partial charge on any atom is -0.375 e. The van der Waals surface area contributed by atoms with E-state index in [0.717, 1.165) is 12.8 Å². The van der Waals surface area contributed by atoms with Crippen molar-refractivity contribution >= 4 is 23.4 Å². The van der Waals surface area contributed by atoms with Crippen molar-refractivity contribution in [2.24, 2.45) is 5.73 Å². The number of urea groups is 1. The standard InChI is InChI=1S/C8H16N4OS/c9-7(14)11-12-8(13)10-6-4-2-1-3-5-6/h6H,1-5H2,(H3,9,11,14)(H2,10,12,13). The summed E-state index contributed by atoms with van der Waals surface area (Å²) in [6.45, 7) is 0. The van der Waals surface area contributed by atoms with Crippen molar-refractivity contribution in [2.45, 2.75) is 38.1 Å². The van der Waals surface area contributed by atoms with Gasteiger partial charge in [0.2, 0.25) is 0 Å². The molecule has 1 saturated carbocycles. The third-order valence-corrected chi connectivity index (χ3v) is 2.34. The summed E-state index contributed by atoms with van der Waals surface area (Å²) in [5, 5.41) is 2.91. The molecule has 5 nitrogen and oxygen atoms in total. The van der Waals surface area contributed by atoms with Crippen molar-refractivity contribution in [1.29, 1.82) is 0 Å². The molecule has 1 aliphatic carbocycles. The quantitative estimate of drug-likeness (QED) is 0.377. The van der Waals surface area contributed by atoms with Crippen molar-refractivity contribution in [2.75, 3.05) is 0 Å². The van der Waals surface area contributed by atoms with Crippen LogP contribution in [0.15, 0.2) is 0 Å². The Kier molecular flexibility index (Phi) is 4.45. The summed E-state index contributed by atoms with van der Waals surface area (Å²) in [6.07, 6.45) is 5.76. The predicted octanol–water partition coefficient (Wildman–Crippen LogP) is 0.366. The van der Waals surface area contributed by atoms with Crippen LogP contribution in [-0.2, 0) is 0 Å². The second-order valence-electron chi connectivity index (χ2n) is 3.42. The van der Waals surface area contributed by atoms with E-state index >= 15 is 0 Å². The molecule has 0 spiro atoms. The number of amides is 2. The smallest absolute Gasteiger partial charge is 0.333 e. The van der Waals surface area contributed by atoms with Gasteiger partial charge in [0.05, 0.1) is 0 Å². The third kappa shape index (κ3) is 4.27. The van der Waals surface area contributed by atoms with Crippen LogP contribution in [0, 0.1) is 0 Å². The lowest BCUT2D eigenvalue weighted by atomic mass is 9.96. The van der Waals surface area contributed by atoms with Gasteiger partial charge in [-0.15, -0.1) is 0 Å². The molecular weight excluding hydrogens is 200 g/mol. The summed E-state index contributed by atoms with van der Waals surface area (Å²) < 4.78 is 0. The Hall–Kier alpha value is -1.04. The molecule has 80 valence electrons. The fourth-order valence-electron chi connectivity index (χ4n) is 1.59. The molecule has 2 amide bonds. The topological polar surface area (TPSA) is 79.2 Å². The molecular formula is C8H16N4OS. The van der Waals surface area contributed by atoms with Crippen LogP contribution in [0.5, 0.6) is 0 Å². The van der Waals surface area contributed by atoms with Gasteiger partial charge in [-0.3, -0.25) is 5.43 Å². The van der Waals surface area contributed by atoms with Gasteiger partial charge in [0, 0.05) is 6.04 Å². The number of hydrogen-bond donors (Lipinski definition) is 4. The predicted molar refractivity (Wildman–Crippen MR) is 58.5 cm³/mol. The van der Waals surface area contributed by atoms with Crippen LogP contribution in [0.3, 0.4) is 0 Å². The first kappa shape index (κ1) is 11.0. The van der Waals surface area contributed by atoms with Crippen molar-refractivity contribution in [1.82, 2.24) is 16.2 Å². The molecule has 0 aliphatic heterocycles. The van der Waals surface area contributed by atoms with E-state index < -0.39 is 0 Å². The molecule has 0 aromatic rings. The zero-order chi connectivity index (χ0) is 10.4. The Bertz CT molecular complexity index is 215. The molecule has 0 unspecified atom stereocenters. The number of thiocarbonyl (C=S) groups is 1. The molecule has 6 heteroatoms. The molecule has 1 fully saturated rings. The van der Waals surface area contributed by atoms with Gasteiger partial charge < -0.3 is 11.1 Å². The van der Waals surface area contributed by atoms with Gasteiger partial charge in [-0.1, -0.05) is 19.3 Å². The molecule has 1 aliphatic rings. The Labute approximate surface area is 88.8 Å². The highest BCUT2D eigenvalue weighted by Gasteiger charge is 2.14. The molecule has 0 heterocycles. The van der Waals surface area contributed by atoms with E-state index in [0.29, 0.717) is 0 Å². The van der Waals surface area contributed by atoms with Crippen molar-refractivity contribution < 1.29 is 4.79 Å². The molecule has 0 aromatic carbocycles. The van der Waals surface area contributed by atoms with Crippen LogP contribution in [0.25, 0.3) is 0 Å². The van der Waals surface area contributed by atoms with E-state index in [1.807, 2.05) is 0 Å². The number of hydrogen-bond acceptors (Lipinski definition) is 2. The van der Waals surface area contributed by atoms with Crippen LogP contribution >= 0.6 is 12.2 Å². The first-order chi connectivity index (χ1) is 6.68. The zero-order valence-electron chi connectivity index (χ0n) is 8.01. The number of hydrazine groups is 1. The molecule has 5 N–H and O–H groups in total. The van der Waals surface area contributed by atoms with E-state index in [4.69, 9.17) is 5.73 Å². The minimum absolute atomic E-state index is 0.0591. The van der Waals surface area contributed by atoms with Gasteiger partial charge in [-0.05, 0) is 25.1 Å². The van der Waals surface area contributed by atoms with Gasteiger partial charge >= 0.3 is 6.03 Å². The Morgan fingerprint density at radius 2 is 1.86 bits per heavy atom. The minimum atomic E-state index is -0.273. The van der Waals surface area contributed by atoms with Crippen molar-refractivity contribution in [3.05, 3.63) is 0 Å². The second kappa shape index (κ2) is 5.64. The van der Waals surface area contributed by atoms with Gasteiger partial charge in [0.25, 0.3) is 0 Å². The maximum absolute atomic E-state index is 11.2. The summed E-state index contributed by atoms with van der Waals surface area (Å²) in [5.41, 5.74) is 9.90. The monoisotopic (exact) mass is 216 g/mol. The average molecular weight is 216 g/mol. The SMILES string of the molecule is NC(=S)NNC(=O)NC1CCCCC1. The summed E-state index contributed by atoms with van der Waals surface area (Å²) in [7, 11) is 0. The molecule has 0 saturated heterocycles. The number of carbonyl (C=O) groups is 1. The number of nitrogens with two attached hydrogens (primary N) is 1. The van der Waals surface area contributed by atoms with Gasteiger partial charge in [-0.25, -0.2) is 10.2 Å². The fraction of sp³-hybridized carbons (Fsp3) is 0.750. The summed E-state index contributed by atoms with van der Waals surface area (Å²) in [4.78, 5) is 11.2. The molecule has 0 bridgehead atoms. The number of carbonyl (C=O) groups excluding carboxylic acids is 1. The van der Waals surface area contributed by atoms with Gasteiger partial charge in [-0.2, -0.15) is 0 Å². The summed E-state index contributed by atoms with van der Waals surface area (Å²) in [5.74, 6) is 0. The maximum atomic E-state index is 11.2. The highest BCUT2D eigenvalue weighted by atomic mass is 32.1. The van der Waals surface area contributed by atoms with Gasteiger partial charge in [0.1, 0.15) is 0 Å². The van der Waals surface area contributed by atoms with E-state index in [1.54, 1.807) is 0 Å². The summed E-state index contributed by atoms with van der Waals surface area (Å²) >= 11 is 4.54. The molecule has 0 radical (unpaired) electrons. The molecule has 0 atom stereocenters. The van der Waals surface area contributed by atoms with E-state index in [9.17, 15) is 4.79 Å². The number of nitrogens with one attached hydrogen (secondary N) is 3. The highest BCUT2D eigenvalue weighted by molar-refractivity contribution is 7.80. The zero-order valence-corrected chi connectivity index (χ0v) is 8.82. The van der Waals surface area contributed by atoms with Crippen molar-refractivity contribution in [3.8, 4) is 0 Å². The van der Waals surface area contributed by atoms with Gasteiger partial charge in [0.15, 0.2) is 5.11 Å². The Balaban J connectivity index is 2.15. The van der Waals surface area contributed by atoms with Crippen LogP contribution in [0.4, 0.5) is 4.79 Å². The first-order valence-electron chi connectivity index (χ1n) is 4.80. The van der Waals surface area contributed by atoms with E-state index in [1.165, 1.54) is 19.3 Å². The largest absolute Gasteiger partial charge is 0.375 e. The van der Waals surface area contributed by atoms with E-state index in [2.05, 4.69) is 28.4 Å². The molecule has 0 aromatic heterocycles. The molecule has 14 heavy (non-hydrogen) atoms. The lowest BCUT2D eigenvalue weighted by molar-refractivity contribution is 0.231. The first-order valence-corrected chi connectivity index (χ1v) is 5.21. The van der Waals surface area contributed by atoms with Crippen LogP contribution in [-0.4, -0.2) is 17.2 Å². The Morgan fingerprint density at radius 3 is 2.43 bits per heavy atom. The van der Waals surface area contributed by atoms with Crippen LogP contribution in [0.1, 0.15) is 32.1 Å². The summed E-state index contributed by atoms with van der Waals surface area (Å²) in [6, 6.07) is 0.0154. The Morgan fingerprint density at radius 1 is 1.21 bits per heavy atom. The average Bonchev–Trinajstić information content (AvgIpc) is 2.16. The lowest BCUT2D eigenvalue weighted by Gasteiger charge is -2.22. The highest BCUT2D eigenvalue weighted by Crippen LogP contribution is 2.16. The van der Waals surface area contributed by atoms with Crippen LogP contribution < -0.4 is 21.9 Å². The maximum Gasteiger partial charge on any atom is 0.333 e. The van der Waals surface area contributed by atoms with E-state index in [-0.39, 0.29) is 17.2 Å². The number of rotatable bonds is 1. The molecule has 1 rings (SSSR count). The second-order valence-corrected chi connectivity index (χ2v) is 3.86. The normalized spacial score (nSPS) is 17.1. The van der Waals surface area contributed by atoms with Crippen LogP contribution in [0.2, 0.25) is 0 Å². The lowest BCUT2D eigenvalue weighted by Crippen LogP contribution is -2.51.